The van der Waals surface area contributed by atoms with Gasteiger partial charge in [0, 0.05) is 27.8 Å². The molecule has 0 spiro atoms. The molecule has 10 aromatic rings. The summed E-state index contributed by atoms with van der Waals surface area (Å²) in [7, 11) is 0. The second-order valence-electron chi connectivity index (χ2n) is 15.0. The van der Waals surface area contributed by atoms with Crippen molar-refractivity contribution in [3.05, 3.63) is 240 Å². The first kappa shape index (κ1) is 35.0. The van der Waals surface area contributed by atoms with Crippen molar-refractivity contribution in [3.8, 4) is 56.8 Å². The number of ether oxygens (including phenoxy) is 1. The van der Waals surface area contributed by atoms with Gasteiger partial charge in [0.1, 0.15) is 11.5 Å². The van der Waals surface area contributed by atoms with E-state index in [0.717, 1.165) is 77.7 Å². The van der Waals surface area contributed by atoms with E-state index in [2.05, 4.69) is 169 Å². The molecule has 1 aliphatic heterocycles. The second kappa shape index (κ2) is 14.3. The number of rotatable bonds is 6. The van der Waals surface area contributed by atoms with E-state index in [-0.39, 0.29) is 0 Å². The van der Waals surface area contributed by atoms with Gasteiger partial charge in [-0.25, -0.2) is 19.8 Å². The van der Waals surface area contributed by atoms with E-state index in [0.29, 0.717) is 23.2 Å². The van der Waals surface area contributed by atoms with E-state index >= 15 is 0 Å². The lowest BCUT2D eigenvalue weighted by molar-refractivity contribution is 0.434. The molecule has 0 aliphatic carbocycles. The molecule has 0 saturated carbocycles. The minimum atomic E-state index is -0.701. The highest BCUT2D eigenvalue weighted by atomic mass is 16.5. The number of fused-ring (bicyclic) bond motifs is 5. The average Bonchev–Trinajstić information content (AvgIpc) is 3.33. The van der Waals surface area contributed by atoms with Crippen molar-refractivity contribution in [3.63, 3.8) is 0 Å². The first-order valence-corrected chi connectivity index (χ1v) is 20.0. The largest absolute Gasteiger partial charge is 0.457 e. The number of nitrogens with zero attached hydrogens (tertiary/aromatic N) is 4. The Kier molecular flexibility index (Phi) is 8.35. The van der Waals surface area contributed by atoms with Crippen LogP contribution >= 0.6 is 0 Å². The minimum absolute atomic E-state index is 0.552. The maximum absolute atomic E-state index is 7.43. The fourth-order valence-corrected chi connectivity index (χ4v) is 8.91. The van der Waals surface area contributed by atoms with Gasteiger partial charge in [-0.15, -0.1) is 0 Å². The van der Waals surface area contributed by atoms with Crippen molar-refractivity contribution < 1.29 is 4.74 Å². The zero-order valence-electron chi connectivity index (χ0n) is 32.3. The van der Waals surface area contributed by atoms with Gasteiger partial charge in [-0.1, -0.05) is 170 Å². The summed E-state index contributed by atoms with van der Waals surface area (Å²) in [6.45, 7) is 7.43. The summed E-state index contributed by atoms with van der Waals surface area (Å²) in [4.78, 5) is 19.5. The van der Waals surface area contributed by atoms with Crippen molar-refractivity contribution in [1.29, 1.82) is 0 Å². The summed E-state index contributed by atoms with van der Waals surface area (Å²) in [5.41, 5.74) is 8.86. The van der Waals surface area contributed by atoms with Gasteiger partial charge in [0.25, 0.3) is 0 Å². The number of hydrogen-bond donors (Lipinski definition) is 0. The van der Waals surface area contributed by atoms with E-state index in [9.17, 15) is 0 Å². The summed E-state index contributed by atoms with van der Waals surface area (Å²) >= 11 is 0. The standard InChI is InChI=1S/C55H34N4O/c1-56-43-30-27-36(28-31-43)37-16-14-17-39(33-37)52-57-53(59-54(58-52)47-34-38-15-8-9-22-44(38)45-23-10-11-24-46(45)47)40-29-32-51-49(35-40)55(41-18-4-2-5-19-41,42-20-6-3-7-21-42)48-25-12-13-26-50(48)60-51/h2-35H. The van der Waals surface area contributed by atoms with Crippen LogP contribution in [0.4, 0.5) is 5.69 Å². The Morgan fingerprint density at radius 2 is 0.967 bits per heavy atom. The summed E-state index contributed by atoms with van der Waals surface area (Å²) in [6, 6.07) is 71.1. The first-order chi connectivity index (χ1) is 29.7. The lowest BCUT2D eigenvalue weighted by Crippen LogP contribution is -2.34. The number of hydrogen-bond acceptors (Lipinski definition) is 4. The van der Waals surface area contributed by atoms with Crippen molar-refractivity contribution in [2.45, 2.75) is 5.41 Å². The van der Waals surface area contributed by atoms with E-state index in [1.807, 2.05) is 42.5 Å². The zero-order valence-corrected chi connectivity index (χ0v) is 32.3. The molecule has 60 heavy (non-hydrogen) atoms. The Morgan fingerprint density at radius 1 is 0.400 bits per heavy atom. The molecule has 9 aromatic carbocycles. The molecular formula is C55H34N4O. The molecule has 0 fully saturated rings. The topological polar surface area (TPSA) is 52.3 Å². The molecule has 1 aromatic heterocycles. The molecule has 0 atom stereocenters. The SMILES string of the molecule is [C-]#[N+]c1ccc(-c2cccc(-c3nc(-c4ccc5c(c4)C(c4ccccc4)(c4ccccc4)c4ccccc4O5)nc(-c4cc5ccccc5c5ccccc45)n3)c2)cc1. The van der Waals surface area contributed by atoms with E-state index in [1.54, 1.807) is 0 Å². The molecule has 0 radical (unpaired) electrons. The quantitative estimate of drug-likeness (QED) is 0.125. The average molecular weight is 767 g/mol. The predicted octanol–water partition coefficient (Wildman–Crippen LogP) is 13.9. The molecule has 0 N–H and O–H groups in total. The van der Waals surface area contributed by atoms with Crippen LogP contribution in [-0.4, -0.2) is 15.0 Å². The third kappa shape index (κ3) is 5.74. The highest BCUT2D eigenvalue weighted by Gasteiger charge is 2.45. The molecular weight excluding hydrogens is 733 g/mol. The maximum Gasteiger partial charge on any atom is 0.187 e. The highest BCUT2D eigenvalue weighted by molar-refractivity contribution is 6.13. The van der Waals surface area contributed by atoms with Crippen LogP contribution in [-0.2, 0) is 5.41 Å². The van der Waals surface area contributed by atoms with Gasteiger partial charge in [0.05, 0.1) is 12.0 Å². The van der Waals surface area contributed by atoms with E-state index in [4.69, 9.17) is 26.3 Å². The first-order valence-electron chi connectivity index (χ1n) is 20.0. The van der Waals surface area contributed by atoms with Crippen molar-refractivity contribution in [2.24, 2.45) is 0 Å². The van der Waals surface area contributed by atoms with Gasteiger partial charge >= 0.3 is 0 Å². The molecule has 1 aliphatic rings. The lowest BCUT2D eigenvalue weighted by Gasteiger charge is -2.41. The molecule has 5 heteroatoms. The molecule has 11 rings (SSSR count). The van der Waals surface area contributed by atoms with Gasteiger partial charge in [-0.05, 0) is 80.2 Å². The lowest BCUT2D eigenvalue weighted by atomic mass is 9.63. The number of aromatic nitrogens is 3. The normalized spacial score (nSPS) is 12.6. The Morgan fingerprint density at radius 3 is 1.70 bits per heavy atom. The van der Waals surface area contributed by atoms with Crippen LogP contribution < -0.4 is 4.74 Å². The summed E-state index contributed by atoms with van der Waals surface area (Å²) in [6.07, 6.45) is 0. The molecule has 5 nitrogen and oxygen atoms in total. The summed E-state index contributed by atoms with van der Waals surface area (Å²) in [5.74, 6) is 3.29. The van der Waals surface area contributed by atoms with Gasteiger partial charge in [-0.3, -0.25) is 0 Å². The monoisotopic (exact) mass is 766 g/mol. The van der Waals surface area contributed by atoms with Gasteiger partial charge < -0.3 is 4.74 Å². The number of para-hydroxylation sites is 1. The zero-order chi connectivity index (χ0) is 40.0. The molecule has 280 valence electrons. The Hall–Kier alpha value is -8.20. The van der Waals surface area contributed by atoms with Crippen molar-refractivity contribution in [2.75, 3.05) is 0 Å². The third-order valence-corrected chi connectivity index (χ3v) is 11.7. The van der Waals surface area contributed by atoms with Crippen LogP contribution in [0.5, 0.6) is 11.5 Å². The Labute approximate surface area is 347 Å². The van der Waals surface area contributed by atoms with Gasteiger partial charge in [0.2, 0.25) is 0 Å². The van der Waals surface area contributed by atoms with Gasteiger partial charge in [0.15, 0.2) is 23.2 Å². The fourth-order valence-electron chi connectivity index (χ4n) is 8.91. The minimum Gasteiger partial charge on any atom is -0.457 e. The van der Waals surface area contributed by atoms with Crippen molar-refractivity contribution in [1.82, 2.24) is 15.0 Å². The number of benzene rings is 9. The fraction of sp³-hybridized carbons (Fsp3) is 0.0182. The van der Waals surface area contributed by atoms with Crippen LogP contribution in [0.15, 0.2) is 206 Å². The predicted molar refractivity (Wildman–Crippen MR) is 241 cm³/mol. The summed E-state index contributed by atoms with van der Waals surface area (Å²) < 4.78 is 6.74. The van der Waals surface area contributed by atoms with Crippen LogP contribution in [0.25, 0.3) is 71.7 Å². The molecule has 0 bridgehead atoms. The van der Waals surface area contributed by atoms with Crippen LogP contribution in [0, 0.1) is 6.57 Å². The Balaban J connectivity index is 1.17. The maximum atomic E-state index is 7.43. The molecule has 0 saturated heterocycles. The highest BCUT2D eigenvalue weighted by Crippen LogP contribution is 2.55. The third-order valence-electron chi connectivity index (χ3n) is 11.7. The Bertz CT molecular complexity index is 3260. The van der Waals surface area contributed by atoms with E-state index < -0.39 is 5.41 Å². The molecule has 2 heterocycles. The van der Waals surface area contributed by atoms with E-state index in [1.165, 1.54) is 5.39 Å². The molecule has 0 unspecified atom stereocenters. The van der Waals surface area contributed by atoms with Crippen LogP contribution in [0.1, 0.15) is 22.3 Å². The summed E-state index contributed by atoms with van der Waals surface area (Å²) in [5, 5.41) is 4.49. The van der Waals surface area contributed by atoms with Crippen LogP contribution in [0.3, 0.4) is 0 Å². The smallest absolute Gasteiger partial charge is 0.187 e. The second-order valence-corrected chi connectivity index (χ2v) is 15.0. The van der Waals surface area contributed by atoms with Crippen molar-refractivity contribution >= 4 is 27.2 Å². The molecule has 0 amide bonds. The van der Waals surface area contributed by atoms with Crippen LogP contribution in [0.2, 0.25) is 0 Å². The van der Waals surface area contributed by atoms with Gasteiger partial charge in [-0.2, -0.15) is 0 Å².